The Morgan fingerprint density at radius 3 is 2.33 bits per heavy atom. The lowest BCUT2D eigenvalue weighted by Gasteiger charge is -2.39. The average molecular weight is 645 g/mol. The van der Waals surface area contributed by atoms with Crippen LogP contribution in [0.3, 0.4) is 0 Å². The van der Waals surface area contributed by atoms with Crippen LogP contribution in [-0.2, 0) is 40.1 Å². The summed E-state index contributed by atoms with van der Waals surface area (Å²) in [4.78, 5) is 77.1. The lowest BCUT2D eigenvalue weighted by atomic mass is 9.67. The van der Waals surface area contributed by atoms with Crippen molar-refractivity contribution in [2.45, 2.75) is 115 Å². The zero-order valence-corrected chi connectivity index (χ0v) is 27.8. The number of hydrogen-bond donors (Lipinski definition) is 3. The number of amides is 5. The summed E-state index contributed by atoms with van der Waals surface area (Å²) in [6.07, 6.45) is 5.90. The highest BCUT2D eigenvalue weighted by Crippen LogP contribution is 2.41. The SMILES string of the molecule is CCCCC(NC(=O)C1(C(=O)NCCCCCN2C(=O)CC(SC(C)C)C2=O)CCC1)C(=O)Nc1ccc(COC(C)=O)cc1. The minimum absolute atomic E-state index is 0.106. The minimum atomic E-state index is -1.19. The van der Waals surface area contributed by atoms with Gasteiger partial charge in [-0.3, -0.25) is 33.7 Å². The average Bonchev–Trinajstić information content (AvgIpc) is 3.22. The summed E-state index contributed by atoms with van der Waals surface area (Å²) >= 11 is 1.52. The van der Waals surface area contributed by atoms with Crippen molar-refractivity contribution in [3.8, 4) is 0 Å². The fourth-order valence-electron chi connectivity index (χ4n) is 5.43. The molecule has 5 amide bonds. The van der Waals surface area contributed by atoms with Crippen molar-refractivity contribution in [3.05, 3.63) is 29.8 Å². The molecule has 1 saturated carbocycles. The maximum atomic E-state index is 13.5. The standard InChI is InChI=1S/C33H48N4O7S/c1-5-6-11-26(29(40)35-25-14-12-24(13-15-25)21-44-23(4)38)36-32(43)33(16-10-17-33)31(42)34-18-8-7-9-19-37-28(39)20-27(30(37)41)45-22(2)3/h12-15,22,26-27H,5-11,16-21H2,1-4H3,(H,34,42)(H,35,40)(H,36,43). The molecule has 248 valence electrons. The molecule has 45 heavy (non-hydrogen) atoms. The normalized spacial score (nSPS) is 17.9. The van der Waals surface area contributed by atoms with Crippen LogP contribution in [0.2, 0.25) is 0 Å². The number of hydrogen-bond acceptors (Lipinski definition) is 8. The Morgan fingerprint density at radius 2 is 1.73 bits per heavy atom. The lowest BCUT2D eigenvalue weighted by molar-refractivity contribution is -0.151. The van der Waals surface area contributed by atoms with Crippen LogP contribution < -0.4 is 16.0 Å². The second kappa shape index (κ2) is 17.3. The Labute approximate surface area is 270 Å². The largest absolute Gasteiger partial charge is 0.461 e. The molecule has 2 atom stereocenters. The van der Waals surface area contributed by atoms with Crippen LogP contribution in [0.5, 0.6) is 0 Å². The van der Waals surface area contributed by atoms with Crippen LogP contribution in [-0.4, -0.2) is 70.0 Å². The van der Waals surface area contributed by atoms with Gasteiger partial charge in [-0.05, 0) is 61.5 Å². The predicted molar refractivity (Wildman–Crippen MR) is 173 cm³/mol. The fraction of sp³-hybridized carbons (Fsp3) is 0.636. The monoisotopic (exact) mass is 644 g/mol. The maximum Gasteiger partial charge on any atom is 0.302 e. The molecule has 0 spiro atoms. The summed E-state index contributed by atoms with van der Waals surface area (Å²) < 4.78 is 4.99. The molecule has 3 rings (SSSR count). The highest BCUT2D eigenvalue weighted by molar-refractivity contribution is 8.01. The molecule has 2 aliphatic rings. The van der Waals surface area contributed by atoms with E-state index in [1.165, 1.54) is 23.6 Å². The molecule has 1 aromatic rings. The van der Waals surface area contributed by atoms with Crippen molar-refractivity contribution in [3.63, 3.8) is 0 Å². The number of thioether (sulfide) groups is 1. The molecule has 1 saturated heterocycles. The number of anilines is 1. The van der Waals surface area contributed by atoms with Gasteiger partial charge in [0.15, 0.2) is 0 Å². The van der Waals surface area contributed by atoms with Gasteiger partial charge < -0.3 is 20.7 Å². The first-order chi connectivity index (χ1) is 21.5. The molecule has 1 aromatic carbocycles. The van der Waals surface area contributed by atoms with Crippen molar-refractivity contribution in [1.82, 2.24) is 15.5 Å². The van der Waals surface area contributed by atoms with Crippen molar-refractivity contribution < 1.29 is 33.5 Å². The van der Waals surface area contributed by atoms with E-state index in [1.54, 1.807) is 24.3 Å². The van der Waals surface area contributed by atoms with Crippen LogP contribution in [0, 0.1) is 5.41 Å². The Balaban J connectivity index is 1.47. The number of unbranched alkanes of at least 4 members (excludes halogenated alkanes) is 3. The molecular weight excluding hydrogens is 596 g/mol. The summed E-state index contributed by atoms with van der Waals surface area (Å²) in [6, 6.07) is 6.12. The van der Waals surface area contributed by atoms with Crippen molar-refractivity contribution in [1.29, 1.82) is 0 Å². The van der Waals surface area contributed by atoms with Gasteiger partial charge in [-0.25, -0.2) is 0 Å². The van der Waals surface area contributed by atoms with E-state index < -0.39 is 17.4 Å². The molecule has 12 heteroatoms. The van der Waals surface area contributed by atoms with Crippen molar-refractivity contribution in [2.24, 2.45) is 5.41 Å². The minimum Gasteiger partial charge on any atom is -0.461 e. The van der Waals surface area contributed by atoms with Gasteiger partial charge in [0.25, 0.3) is 0 Å². The summed E-state index contributed by atoms with van der Waals surface area (Å²) in [7, 11) is 0. The maximum absolute atomic E-state index is 13.5. The molecule has 1 aliphatic heterocycles. The van der Waals surface area contributed by atoms with E-state index in [9.17, 15) is 28.8 Å². The third-order valence-corrected chi connectivity index (χ3v) is 9.43. The summed E-state index contributed by atoms with van der Waals surface area (Å²) in [5.41, 5.74) is 0.134. The molecule has 2 fully saturated rings. The molecule has 0 radical (unpaired) electrons. The van der Waals surface area contributed by atoms with Gasteiger partial charge in [0.05, 0.1) is 5.25 Å². The molecule has 2 unspecified atom stereocenters. The van der Waals surface area contributed by atoms with Crippen LogP contribution in [0.4, 0.5) is 5.69 Å². The van der Waals surface area contributed by atoms with Gasteiger partial charge in [-0.2, -0.15) is 0 Å². The van der Waals surface area contributed by atoms with Gasteiger partial charge in [-0.15, -0.1) is 11.8 Å². The van der Waals surface area contributed by atoms with Crippen LogP contribution in [0.15, 0.2) is 24.3 Å². The lowest BCUT2D eigenvalue weighted by Crippen LogP contribution is -2.58. The quantitative estimate of drug-likeness (QED) is 0.0936. The topological polar surface area (TPSA) is 151 Å². The Hall–Kier alpha value is -3.41. The molecule has 1 aliphatic carbocycles. The Bertz CT molecular complexity index is 1220. The fourth-order valence-corrected chi connectivity index (χ4v) is 6.56. The number of carbonyl (C=O) groups excluding carboxylic acids is 6. The molecule has 0 aromatic heterocycles. The third-order valence-electron chi connectivity index (χ3n) is 8.19. The van der Waals surface area contributed by atoms with Crippen LogP contribution >= 0.6 is 11.8 Å². The number of benzene rings is 1. The van der Waals surface area contributed by atoms with Crippen molar-refractivity contribution >= 4 is 53.0 Å². The summed E-state index contributed by atoms with van der Waals surface area (Å²) in [6.45, 7) is 8.27. The predicted octanol–water partition coefficient (Wildman–Crippen LogP) is 4.09. The van der Waals surface area contributed by atoms with Crippen molar-refractivity contribution in [2.75, 3.05) is 18.4 Å². The smallest absolute Gasteiger partial charge is 0.302 e. The van der Waals surface area contributed by atoms with E-state index >= 15 is 0 Å². The second-order valence-electron chi connectivity index (χ2n) is 12.1. The van der Waals surface area contributed by atoms with Gasteiger partial charge in [0, 0.05) is 32.1 Å². The first-order valence-corrected chi connectivity index (χ1v) is 17.0. The van der Waals surface area contributed by atoms with E-state index in [1.807, 2.05) is 20.8 Å². The van der Waals surface area contributed by atoms with E-state index in [0.29, 0.717) is 50.9 Å². The highest BCUT2D eigenvalue weighted by atomic mass is 32.2. The molecule has 11 nitrogen and oxygen atoms in total. The summed E-state index contributed by atoms with van der Waals surface area (Å²) in [5.74, 6) is -1.72. The number of nitrogens with zero attached hydrogens (tertiary/aromatic N) is 1. The number of esters is 1. The molecule has 3 N–H and O–H groups in total. The van der Waals surface area contributed by atoms with Gasteiger partial charge in [0.1, 0.15) is 18.1 Å². The number of carbonyl (C=O) groups is 6. The number of rotatable bonds is 18. The third kappa shape index (κ3) is 10.3. The first kappa shape index (κ1) is 36.1. The van der Waals surface area contributed by atoms with E-state index in [4.69, 9.17) is 4.74 Å². The van der Waals surface area contributed by atoms with E-state index in [0.717, 1.165) is 31.2 Å². The second-order valence-corrected chi connectivity index (χ2v) is 13.9. The Kier molecular flexibility index (Phi) is 13.9. The van der Waals surface area contributed by atoms with E-state index in [-0.39, 0.29) is 53.1 Å². The van der Waals surface area contributed by atoms with E-state index in [2.05, 4.69) is 16.0 Å². The first-order valence-electron chi connectivity index (χ1n) is 16.1. The highest BCUT2D eigenvalue weighted by Gasteiger charge is 2.51. The van der Waals surface area contributed by atoms with Crippen LogP contribution in [0.1, 0.15) is 97.5 Å². The van der Waals surface area contributed by atoms with Gasteiger partial charge >= 0.3 is 5.97 Å². The zero-order chi connectivity index (χ0) is 33.0. The number of imide groups is 1. The Morgan fingerprint density at radius 1 is 1.02 bits per heavy atom. The van der Waals surface area contributed by atoms with Gasteiger partial charge in [0.2, 0.25) is 29.5 Å². The molecule has 1 heterocycles. The van der Waals surface area contributed by atoms with Gasteiger partial charge in [-0.1, -0.05) is 52.2 Å². The molecule has 0 bridgehead atoms. The number of likely N-dealkylation sites (tertiary alicyclic amines) is 1. The number of nitrogens with one attached hydrogen (secondary N) is 3. The summed E-state index contributed by atoms with van der Waals surface area (Å²) in [5, 5.41) is 8.60. The number of ether oxygens (including phenoxy) is 1. The van der Waals surface area contributed by atoms with Crippen LogP contribution in [0.25, 0.3) is 0 Å². The molecular formula is C33H48N4O7S. The zero-order valence-electron chi connectivity index (χ0n) is 26.9.